The molecule has 1 N–H and O–H groups in total. The minimum atomic E-state index is -0.183. The molecule has 4 nitrogen and oxygen atoms in total. The van der Waals surface area contributed by atoms with Crippen LogP contribution in [0.25, 0.3) is 0 Å². The quantitative estimate of drug-likeness (QED) is 0.598. The summed E-state index contributed by atoms with van der Waals surface area (Å²) in [5.74, 6) is -0.183. The standard InChI is InChI=1S/C21H25N3OS/c1-2-21(25)22-19-8-10-20(11-9-19)26-24-16-14-23(15-17-24)13-12-18-6-4-3-5-7-18/h2-11H,1,12-17H2,(H,22,25). The SMILES string of the molecule is C=CC(=O)Nc1ccc(SN2CCN(CCc3ccccc3)CC2)cc1. The van der Waals surface area contributed by atoms with E-state index in [1.54, 1.807) is 11.9 Å². The van der Waals surface area contributed by atoms with Gasteiger partial charge >= 0.3 is 0 Å². The van der Waals surface area contributed by atoms with Crippen molar-refractivity contribution in [2.45, 2.75) is 11.3 Å². The second-order valence-corrected chi connectivity index (χ2v) is 7.49. The third kappa shape index (κ3) is 5.73. The molecule has 136 valence electrons. The average Bonchev–Trinajstić information content (AvgIpc) is 2.69. The van der Waals surface area contributed by atoms with Crippen molar-refractivity contribution in [3.05, 3.63) is 72.8 Å². The van der Waals surface area contributed by atoms with E-state index in [0.717, 1.165) is 44.8 Å². The summed E-state index contributed by atoms with van der Waals surface area (Å²) in [7, 11) is 0. The molecule has 0 aromatic heterocycles. The van der Waals surface area contributed by atoms with Crippen molar-refractivity contribution in [2.24, 2.45) is 0 Å². The van der Waals surface area contributed by atoms with Gasteiger partial charge in [0.15, 0.2) is 0 Å². The zero-order valence-electron chi connectivity index (χ0n) is 14.9. The smallest absolute Gasteiger partial charge is 0.247 e. The topological polar surface area (TPSA) is 35.6 Å². The summed E-state index contributed by atoms with van der Waals surface area (Å²) in [6.07, 6.45) is 2.39. The van der Waals surface area contributed by atoms with Crippen LogP contribution < -0.4 is 5.32 Å². The lowest BCUT2D eigenvalue weighted by atomic mass is 10.1. The average molecular weight is 368 g/mol. The summed E-state index contributed by atoms with van der Waals surface area (Å²) in [5, 5.41) is 2.77. The Balaban J connectivity index is 1.41. The van der Waals surface area contributed by atoms with Crippen molar-refractivity contribution in [2.75, 3.05) is 38.0 Å². The molecule has 2 aromatic rings. The van der Waals surface area contributed by atoms with Gasteiger partial charge in [0, 0.05) is 43.3 Å². The maximum atomic E-state index is 11.3. The van der Waals surface area contributed by atoms with E-state index < -0.39 is 0 Å². The summed E-state index contributed by atoms with van der Waals surface area (Å²) in [6, 6.07) is 18.6. The Labute approximate surface area is 160 Å². The van der Waals surface area contributed by atoms with E-state index in [2.05, 4.69) is 51.4 Å². The predicted octanol–water partition coefficient (Wildman–Crippen LogP) is 3.68. The lowest BCUT2D eigenvalue weighted by molar-refractivity contribution is -0.111. The molecule has 0 bridgehead atoms. The molecule has 1 aliphatic rings. The van der Waals surface area contributed by atoms with Crippen LogP contribution in [0.1, 0.15) is 5.56 Å². The summed E-state index contributed by atoms with van der Waals surface area (Å²) >= 11 is 1.79. The Bertz CT molecular complexity index is 710. The van der Waals surface area contributed by atoms with Gasteiger partial charge in [-0.25, -0.2) is 4.31 Å². The first-order valence-electron chi connectivity index (χ1n) is 8.95. The van der Waals surface area contributed by atoms with Gasteiger partial charge in [-0.15, -0.1) is 0 Å². The van der Waals surface area contributed by atoms with Gasteiger partial charge in [0.25, 0.3) is 0 Å². The second kappa shape index (κ2) is 9.57. The van der Waals surface area contributed by atoms with E-state index >= 15 is 0 Å². The highest BCUT2D eigenvalue weighted by molar-refractivity contribution is 7.97. The van der Waals surface area contributed by atoms with Crippen LogP contribution >= 0.6 is 11.9 Å². The molecule has 5 heteroatoms. The second-order valence-electron chi connectivity index (χ2n) is 6.32. The lowest BCUT2D eigenvalue weighted by Crippen LogP contribution is -2.44. The van der Waals surface area contributed by atoms with Crippen LogP contribution in [0.2, 0.25) is 0 Å². The molecular formula is C21H25N3OS. The highest BCUT2D eigenvalue weighted by Gasteiger charge is 2.17. The number of piperazine rings is 1. The first-order chi connectivity index (χ1) is 12.7. The molecule has 0 saturated carbocycles. The van der Waals surface area contributed by atoms with E-state index in [0.29, 0.717) is 0 Å². The predicted molar refractivity (Wildman–Crippen MR) is 109 cm³/mol. The number of nitrogens with zero attached hydrogens (tertiary/aromatic N) is 2. The van der Waals surface area contributed by atoms with E-state index in [1.165, 1.54) is 16.5 Å². The normalized spacial score (nSPS) is 15.5. The zero-order valence-corrected chi connectivity index (χ0v) is 15.8. The zero-order chi connectivity index (χ0) is 18.2. The largest absolute Gasteiger partial charge is 0.323 e. The van der Waals surface area contributed by atoms with Crippen molar-refractivity contribution < 1.29 is 4.79 Å². The Morgan fingerprint density at radius 3 is 2.38 bits per heavy atom. The Hall–Kier alpha value is -2.08. The highest BCUT2D eigenvalue weighted by atomic mass is 32.2. The molecule has 1 heterocycles. The summed E-state index contributed by atoms with van der Waals surface area (Å²) < 4.78 is 2.41. The number of amides is 1. The molecule has 0 unspecified atom stereocenters. The molecule has 0 spiro atoms. The third-order valence-corrected chi connectivity index (χ3v) is 5.54. The number of carbonyl (C=O) groups is 1. The number of rotatable bonds is 7. The van der Waals surface area contributed by atoms with Crippen LogP contribution in [0, 0.1) is 0 Å². The minimum absolute atomic E-state index is 0.183. The molecule has 0 aliphatic carbocycles. The van der Waals surface area contributed by atoms with Gasteiger partial charge in [-0.3, -0.25) is 4.79 Å². The first-order valence-corrected chi connectivity index (χ1v) is 9.73. The Morgan fingerprint density at radius 2 is 1.73 bits per heavy atom. The van der Waals surface area contributed by atoms with Crippen LogP contribution in [0.15, 0.2) is 72.1 Å². The van der Waals surface area contributed by atoms with Gasteiger partial charge in [-0.2, -0.15) is 0 Å². The van der Waals surface area contributed by atoms with Gasteiger partial charge in [0.05, 0.1) is 0 Å². The molecular weight excluding hydrogens is 342 g/mol. The van der Waals surface area contributed by atoms with Crippen LogP contribution in [-0.2, 0) is 11.2 Å². The number of hydrogen-bond donors (Lipinski definition) is 1. The number of carbonyl (C=O) groups excluding carboxylic acids is 1. The third-order valence-electron chi connectivity index (χ3n) is 4.43. The number of benzene rings is 2. The lowest BCUT2D eigenvalue weighted by Gasteiger charge is -2.33. The van der Waals surface area contributed by atoms with Crippen LogP contribution in [0.3, 0.4) is 0 Å². The number of anilines is 1. The molecule has 1 aliphatic heterocycles. The van der Waals surface area contributed by atoms with E-state index in [1.807, 2.05) is 24.3 Å². The first kappa shape index (κ1) is 18.7. The molecule has 3 rings (SSSR count). The Morgan fingerprint density at radius 1 is 1.04 bits per heavy atom. The molecule has 0 radical (unpaired) electrons. The van der Waals surface area contributed by atoms with Crippen molar-refractivity contribution in [3.8, 4) is 0 Å². The molecule has 1 fully saturated rings. The maximum Gasteiger partial charge on any atom is 0.247 e. The molecule has 1 saturated heterocycles. The van der Waals surface area contributed by atoms with Crippen LogP contribution in [0.5, 0.6) is 0 Å². The molecule has 26 heavy (non-hydrogen) atoms. The highest BCUT2D eigenvalue weighted by Crippen LogP contribution is 2.25. The monoisotopic (exact) mass is 367 g/mol. The van der Waals surface area contributed by atoms with Gasteiger partial charge in [0.2, 0.25) is 5.91 Å². The van der Waals surface area contributed by atoms with Crippen LogP contribution in [-0.4, -0.2) is 47.8 Å². The summed E-state index contributed by atoms with van der Waals surface area (Å²) in [6.45, 7) is 8.92. The van der Waals surface area contributed by atoms with Gasteiger partial charge in [0.1, 0.15) is 0 Å². The van der Waals surface area contributed by atoms with Crippen molar-refractivity contribution in [1.82, 2.24) is 9.21 Å². The molecule has 2 aromatic carbocycles. The van der Waals surface area contributed by atoms with E-state index in [4.69, 9.17) is 0 Å². The number of hydrogen-bond acceptors (Lipinski definition) is 4. The molecule has 0 atom stereocenters. The van der Waals surface area contributed by atoms with Gasteiger partial charge in [-0.05, 0) is 54.3 Å². The molecule has 1 amide bonds. The van der Waals surface area contributed by atoms with Crippen molar-refractivity contribution in [3.63, 3.8) is 0 Å². The fraction of sp³-hybridized carbons (Fsp3) is 0.286. The minimum Gasteiger partial charge on any atom is -0.323 e. The van der Waals surface area contributed by atoms with Crippen molar-refractivity contribution >= 4 is 23.5 Å². The van der Waals surface area contributed by atoms with E-state index in [-0.39, 0.29) is 5.91 Å². The van der Waals surface area contributed by atoms with E-state index in [9.17, 15) is 4.79 Å². The number of nitrogens with one attached hydrogen (secondary N) is 1. The Kier molecular flexibility index (Phi) is 6.89. The summed E-state index contributed by atoms with van der Waals surface area (Å²) in [5.41, 5.74) is 2.21. The van der Waals surface area contributed by atoms with Crippen LogP contribution in [0.4, 0.5) is 5.69 Å². The summed E-state index contributed by atoms with van der Waals surface area (Å²) in [4.78, 5) is 15.0. The van der Waals surface area contributed by atoms with Gasteiger partial charge < -0.3 is 10.2 Å². The fourth-order valence-corrected chi connectivity index (χ4v) is 3.82. The maximum absolute atomic E-state index is 11.3. The van der Waals surface area contributed by atoms with Crippen molar-refractivity contribution in [1.29, 1.82) is 0 Å². The van der Waals surface area contributed by atoms with Gasteiger partial charge in [-0.1, -0.05) is 36.9 Å². The fourth-order valence-electron chi connectivity index (χ4n) is 2.92.